The van der Waals surface area contributed by atoms with Gasteiger partial charge in [0.25, 0.3) is 5.91 Å². The topological polar surface area (TPSA) is 94.2 Å². The van der Waals surface area contributed by atoms with E-state index in [0.717, 1.165) is 0 Å². The molecule has 1 atom stereocenters. The Labute approximate surface area is 99.7 Å². The predicted molar refractivity (Wildman–Crippen MR) is 64.4 cm³/mol. The summed E-state index contributed by atoms with van der Waals surface area (Å²) in [6.07, 6.45) is 2.12. The van der Waals surface area contributed by atoms with Gasteiger partial charge >= 0.3 is 0 Å². The standard InChI is InChI=1S/C10H15N3O3S/c1-13-5-7(11)4-9(13)10(14)12-8-2-3-17(15,16)6-8/h4-5,8H,2-3,6,11H2,1H3,(H,12,14). The van der Waals surface area contributed by atoms with Gasteiger partial charge in [0.1, 0.15) is 5.69 Å². The number of sulfone groups is 1. The third-order valence-corrected chi connectivity index (χ3v) is 4.59. The summed E-state index contributed by atoms with van der Waals surface area (Å²) in [7, 11) is -1.26. The molecule has 2 heterocycles. The van der Waals surface area contributed by atoms with Crippen molar-refractivity contribution in [3.05, 3.63) is 18.0 Å². The Bertz CT molecular complexity index is 547. The molecule has 3 N–H and O–H groups in total. The van der Waals surface area contributed by atoms with Crippen LogP contribution in [0.4, 0.5) is 5.69 Å². The van der Waals surface area contributed by atoms with Gasteiger partial charge < -0.3 is 15.6 Å². The lowest BCUT2D eigenvalue weighted by Gasteiger charge is -2.10. The van der Waals surface area contributed by atoms with Gasteiger partial charge in [-0.15, -0.1) is 0 Å². The molecule has 0 aliphatic carbocycles. The molecule has 1 unspecified atom stereocenters. The molecule has 6 nitrogen and oxygen atoms in total. The zero-order chi connectivity index (χ0) is 12.6. The number of hydrogen-bond donors (Lipinski definition) is 2. The molecule has 1 saturated heterocycles. The van der Waals surface area contributed by atoms with Gasteiger partial charge in [-0.05, 0) is 12.5 Å². The number of aromatic nitrogens is 1. The second kappa shape index (κ2) is 4.06. The zero-order valence-corrected chi connectivity index (χ0v) is 10.3. The van der Waals surface area contributed by atoms with Crippen LogP contribution in [0.25, 0.3) is 0 Å². The molecule has 94 valence electrons. The molecule has 1 aromatic heterocycles. The van der Waals surface area contributed by atoms with Crippen molar-refractivity contribution in [1.29, 1.82) is 0 Å². The Morgan fingerprint density at radius 2 is 2.29 bits per heavy atom. The van der Waals surface area contributed by atoms with Gasteiger partial charge in [-0.1, -0.05) is 0 Å². The second-order valence-electron chi connectivity index (χ2n) is 4.34. The number of nitrogens with two attached hydrogens (primary N) is 1. The van der Waals surface area contributed by atoms with Crippen LogP contribution in [0.2, 0.25) is 0 Å². The molecule has 1 amide bonds. The van der Waals surface area contributed by atoms with Crippen molar-refractivity contribution in [2.24, 2.45) is 7.05 Å². The van der Waals surface area contributed by atoms with E-state index in [2.05, 4.69) is 5.32 Å². The van der Waals surface area contributed by atoms with Gasteiger partial charge in [-0.25, -0.2) is 8.42 Å². The van der Waals surface area contributed by atoms with E-state index in [9.17, 15) is 13.2 Å². The van der Waals surface area contributed by atoms with E-state index in [0.29, 0.717) is 17.8 Å². The fourth-order valence-corrected chi connectivity index (χ4v) is 3.66. The number of aryl methyl sites for hydroxylation is 1. The highest BCUT2D eigenvalue weighted by Crippen LogP contribution is 2.13. The first-order chi connectivity index (χ1) is 7.87. The number of carbonyl (C=O) groups excluding carboxylic acids is 1. The molecule has 1 aliphatic heterocycles. The summed E-state index contributed by atoms with van der Waals surface area (Å²) < 4.78 is 24.1. The van der Waals surface area contributed by atoms with Crippen LogP contribution < -0.4 is 11.1 Å². The molecule has 17 heavy (non-hydrogen) atoms. The first-order valence-corrected chi connectivity index (χ1v) is 7.13. The van der Waals surface area contributed by atoms with Gasteiger partial charge in [0.2, 0.25) is 0 Å². The Kier molecular flexibility index (Phi) is 2.86. The third kappa shape index (κ3) is 2.60. The van der Waals surface area contributed by atoms with E-state index in [-0.39, 0.29) is 23.5 Å². The van der Waals surface area contributed by atoms with Crippen molar-refractivity contribution < 1.29 is 13.2 Å². The third-order valence-electron chi connectivity index (χ3n) is 2.83. The van der Waals surface area contributed by atoms with E-state index >= 15 is 0 Å². The lowest BCUT2D eigenvalue weighted by atomic mass is 10.2. The molecule has 2 rings (SSSR count). The fraction of sp³-hybridized carbons (Fsp3) is 0.500. The molecule has 0 bridgehead atoms. The van der Waals surface area contributed by atoms with Crippen molar-refractivity contribution in [1.82, 2.24) is 9.88 Å². The maximum absolute atomic E-state index is 11.9. The maximum Gasteiger partial charge on any atom is 0.268 e. The molecule has 1 aliphatic rings. The normalized spacial score (nSPS) is 22.5. The number of nitrogens with zero attached hydrogens (tertiary/aromatic N) is 1. The van der Waals surface area contributed by atoms with Gasteiger partial charge in [0.05, 0.1) is 17.2 Å². The van der Waals surface area contributed by atoms with Crippen LogP contribution in [0.1, 0.15) is 16.9 Å². The first-order valence-electron chi connectivity index (χ1n) is 5.30. The maximum atomic E-state index is 11.9. The minimum absolute atomic E-state index is 0.0264. The average Bonchev–Trinajstić information content (AvgIpc) is 2.69. The minimum Gasteiger partial charge on any atom is -0.397 e. The number of anilines is 1. The highest BCUT2D eigenvalue weighted by Gasteiger charge is 2.29. The summed E-state index contributed by atoms with van der Waals surface area (Å²) in [6, 6.07) is 1.28. The van der Waals surface area contributed by atoms with E-state index in [1.54, 1.807) is 23.9 Å². The molecule has 0 aromatic carbocycles. The summed E-state index contributed by atoms with van der Waals surface area (Å²) in [6.45, 7) is 0. The van der Waals surface area contributed by atoms with Crippen LogP contribution in [0, 0.1) is 0 Å². The van der Waals surface area contributed by atoms with E-state index in [1.807, 2.05) is 0 Å². The number of amides is 1. The molecule has 0 radical (unpaired) electrons. The number of nitrogen functional groups attached to an aromatic ring is 1. The number of carbonyl (C=O) groups is 1. The van der Waals surface area contributed by atoms with Crippen LogP contribution in [-0.2, 0) is 16.9 Å². The zero-order valence-electron chi connectivity index (χ0n) is 9.51. The number of nitrogens with one attached hydrogen (secondary N) is 1. The van der Waals surface area contributed by atoms with Gasteiger partial charge in [-0.2, -0.15) is 0 Å². The molecular weight excluding hydrogens is 242 g/mol. The van der Waals surface area contributed by atoms with Gasteiger partial charge in [0.15, 0.2) is 9.84 Å². The molecule has 1 fully saturated rings. The van der Waals surface area contributed by atoms with Crippen LogP contribution in [0.5, 0.6) is 0 Å². The summed E-state index contributed by atoms with van der Waals surface area (Å²) in [5, 5.41) is 2.71. The Hall–Kier alpha value is -1.50. The monoisotopic (exact) mass is 257 g/mol. The lowest BCUT2D eigenvalue weighted by Crippen LogP contribution is -2.36. The number of rotatable bonds is 2. The fourth-order valence-electron chi connectivity index (χ4n) is 1.98. The van der Waals surface area contributed by atoms with Gasteiger partial charge in [0, 0.05) is 19.3 Å². The second-order valence-corrected chi connectivity index (χ2v) is 6.57. The van der Waals surface area contributed by atoms with Crippen molar-refractivity contribution in [3.8, 4) is 0 Å². The molecule has 1 aromatic rings. The SMILES string of the molecule is Cn1cc(N)cc1C(=O)NC1CCS(=O)(=O)C1. The summed E-state index contributed by atoms with van der Waals surface area (Å²) in [5.41, 5.74) is 6.52. The van der Waals surface area contributed by atoms with Crippen LogP contribution >= 0.6 is 0 Å². The number of hydrogen-bond acceptors (Lipinski definition) is 4. The average molecular weight is 257 g/mol. The van der Waals surface area contributed by atoms with E-state index < -0.39 is 9.84 Å². The first kappa shape index (κ1) is 12.0. The minimum atomic E-state index is -2.97. The van der Waals surface area contributed by atoms with Crippen LogP contribution in [-0.4, -0.2) is 36.4 Å². The van der Waals surface area contributed by atoms with Crippen molar-refractivity contribution >= 4 is 21.4 Å². The molecule has 7 heteroatoms. The largest absolute Gasteiger partial charge is 0.397 e. The van der Waals surface area contributed by atoms with Crippen molar-refractivity contribution in [3.63, 3.8) is 0 Å². The van der Waals surface area contributed by atoms with Crippen LogP contribution in [0.15, 0.2) is 12.3 Å². The summed E-state index contributed by atoms with van der Waals surface area (Å²) in [4.78, 5) is 11.9. The quantitative estimate of drug-likeness (QED) is 0.748. The Morgan fingerprint density at radius 3 is 2.76 bits per heavy atom. The summed E-state index contributed by atoms with van der Waals surface area (Å²) in [5.74, 6) is -0.113. The van der Waals surface area contributed by atoms with E-state index in [4.69, 9.17) is 5.73 Å². The van der Waals surface area contributed by atoms with Crippen molar-refractivity contribution in [2.45, 2.75) is 12.5 Å². The van der Waals surface area contributed by atoms with Crippen molar-refractivity contribution in [2.75, 3.05) is 17.2 Å². The van der Waals surface area contributed by atoms with Crippen LogP contribution in [0.3, 0.4) is 0 Å². The Morgan fingerprint density at radius 1 is 1.59 bits per heavy atom. The molecule has 0 spiro atoms. The highest BCUT2D eigenvalue weighted by molar-refractivity contribution is 7.91. The molecule has 0 saturated carbocycles. The lowest BCUT2D eigenvalue weighted by molar-refractivity contribution is 0.0933. The van der Waals surface area contributed by atoms with E-state index in [1.165, 1.54) is 0 Å². The highest BCUT2D eigenvalue weighted by atomic mass is 32.2. The predicted octanol–water partition coefficient (Wildman–Crippen LogP) is -0.476. The smallest absolute Gasteiger partial charge is 0.268 e. The Balaban J connectivity index is 2.06. The van der Waals surface area contributed by atoms with Gasteiger partial charge in [-0.3, -0.25) is 4.79 Å². The molecular formula is C10H15N3O3S. The summed E-state index contributed by atoms with van der Waals surface area (Å²) >= 11 is 0.